The van der Waals surface area contributed by atoms with E-state index in [9.17, 15) is 9.59 Å². The van der Waals surface area contributed by atoms with Crippen LogP contribution in [0.15, 0.2) is 0 Å². The smallest absolute Gasteiger partial charge is 0.187 e. The lowest BCUT2D eigenvalue weighted by Crippen LogP contribution is -2.26. The predicted octanol–water partition coefficient (Wildman–Crippen LogP) is 4.01. The van der Waals surface area contributed by atoms with E-state index in [0.29, 0.717) is 5.78 Å². The van der Waals surface area contributed by atoms with E-state index in [1.54, 1.807) is 6.92 Å². The van der Waals surface area contributed by atoms with E-state index < -0.39 is 0 Å². The SMILES string of the molecule is CC(=O)SCN1CCCCCCCCC(=O)CCCC1. The molecule has 0 N–H and O–H groups in total. The number of nitrogens with zero attached hydrogens (tertiary/aromatic N) is 1. The van der Waals surface area contributed by atoms with Gasteiger partial charge in [0.15, 0.2) is 5.12 Å². The third-order valence-electron chi connectivity index (χ3n) is 3.81. The molecule has 1 heterocycles. The van der Waals surface area contributed by atoms with Crippen LogP contribution in [0.1, 0.15) is 71.1 Å². The fourth-order valence-electron chi connectivity index (χ4n) is 2.57. The Morgan fingerprint density at radius 1 is 0.950 bits per heavy atom. The second kappa shape index (κ2) is 11.3. The number of carbonyl (C=O) groups is 2. The van der Waals surface area contributed by atoms with Crippen LogP contribution in [0, 0.1) is 0 Å². The van der Waals surface area contributed by atoms with Crippen molar-refractivity contribution in [3.63, 3.8) is 0 Å². The van der Waals surface area contributed by atoms with Gasteiger partial charge < -0.3 is 0 Å². The summed E-state index contributed by atoms with van der Waals surface area (Å²) >= 11 is 1.40. The second-order valence-corrected chi connectivity index (χ2v) is 6.87. The van der Waals surface area contributed by atoms with Crippen molar-refractivity contribution < 1.29 is 9.59 Å². The molecule has 0 aromatic rings. The topological polar surface area (TPSA) is 37.4 Å². The van der Waals surface area contributed by atoms with Crippen molar-refractivity contribution in [1.29, 1.82) is 0 Å². The molecule has 0 atom stereocenters. The maximum absolute atomic E-state index is 11.7. The Kier molecular flexibility index (Phi) is 10.0. The molecule has 1 saturated heterocycles. The first-order valence-corrected chi connectivity index (χ1v) is 9.04. The van der Waals surface area contributed by atoms with Crippen LogP contribution in [0.4, 0.5) is 0 Å². The summed E-state index contributed by atoms with van der Waals surface area (Å²) in [7, 11) is 0. The van der Waals surface area contributed by atoms with Crippen molar-refractivity contribution in [2.75, 3.05) is 19.0 Å². The van der Waals surface area contributed by atoms with E-state index >= 15 is 0 Å². The lowest BCUT2D eigenvalue weighted by atomic mass is 10.0. The zero-order valence-corrected chi connectivity index (χ0v) is 13.7. The molecular formula is C16H29NO2S. The number of hydrogen-bond donors (Lipinski definition) is 0. The van der Waals surface area contributed by atoms with Gasteiger partial charge in [-0.25, -0.2) is 0 Å². The van der Waals surface area contributed by atoms with E-state index in [1.807, 2.05) is 0 Å². The molecule has 0 aromatic heterocycles. The third kappa shape index (κ3) is 9.54. The molecule has 1 fully saturated rings. The highest BCUT2D eigenvalue weighted by Gasteiger charge is 2.08. The molecule has 0 aliphatic carbocycles. The van der Waals surface area contributed by atoms with E-state index in [2.05, 4.69) is 4.90 Å². The molecule has 0 spiro atoms. The average Bonchev–Trinajstić information content (AvgIpc) is 2.41. The fourth-order valence-corrected chi connectivity index (χ4v) is 3.19. The summed E-state index contributed by atoms with van der Waals surface area (Å²) in [5.74, 6) is 1.25. The zero-order valence-electron chi connectivity index (χ0n) is 12.9. The highest BCUT2D eigenvalue weighted by atomic mass is 32.2. The normalized spacial score (nSPS) is 21.4. The number of Topliss-reactive ketones (excluding diaryl/α,β-unsaturated/α-hetero) is 1. The Labute approximate surface area is 127 Å². The van der Waals surface area contributed by atoms with Crippen molar-refractivity contribution >= 4 is 22.7 Å². The Morgan fingerprint density at radius 2 is 1.45 bits per heavy atom. The van der Waals surface area contributed by atoms with Gasteiger partial charge in [-0.15, -0.1) is 0 Å². The van der Waals surface area contributed by atoms with Gasteiger partial charge in [0.25, 0.3) is 0 Å². The molecule has 4 heteroatoms. The molecular weight excluding hydrogens is 270 g/mol. The Morgan fingerprint density at radius 3 is 2.10 bits per heavy atom. The van der Waals surface area contributed by atoms with E-state index in [1.165, 1.54) is 43.9 Å². The molecule has 0 saturated carbocycles. The summed E-state index contributed by atoms with van der Waals surface area (Å²) in [6, 6.07) is 0. The maximum Gasteiger partial charge on any atom is 0.187 e. The number of ketones is 1. The van der Waals surface area contributed by atoms with Gasteiger partial charge in [-0.3, -0.25) is 14.5 Å². The molecule has 1 rings (SSSR count). The first-order chi connectivity index (χ1) is 9.68. The zero-order chi connectivity index (χ0) is 14.6. The summed E-state index contributed by atoms with van der Waals surface area (Å²) in [4.78, 5) is 25.1. The molecule has 3 nitrogen and oxygen atoms in total. The van der Waals surface area contributed by atoms with Crippen molar-refractivity contribution in [2.45, 2.75) is 71.1 Å². The molecule has 0 bridgehead atoms. The molecule has 1 aliphatic heterocycles. The predicted molar refractivity (Wildman–Crippen MR) is 85.9 cm³/mol. The van der Waals surface area contributed by atoms with Crippen LogP contribution in [0.3, 0.4) is 0 Å². The van der Waals surface area contributed by atoms with Crippen LogP contribution in [-0.2, 0) is 9.59 Å². The van der Waals surface area contributed by atoms with Gasteiger partial charge in [0.05, 0.1) is 5.88 Å². The van der Waals surface area contributed by atoms with Crippen LogP contribution in [0.5, 0.6) is 0 Å². The molecule has 116 valence electrons. The van der Waals surface area contributed by atoms with E-state index in [-0.39, 0.29) is 5.12 Å². The van der Waals surface area contributed by atoms with Crippen molar-refractivity contribution in [2.24, 2.45) is 0 Å². The van der Waals surface area contributed by atoms with Crippen molar-refractivity contribution in [3.05, 3.63) is 0 Å². The summed E-state index contributed by atoms with van der Waals surface area (Å²) in [6.07, 6.45) is 10.9. The molecule has 0 aromatic carbocycles. The van der Waals surface area contributed by atoms with Crippen LogP contribution >= 0.6 is 11.8 Å². The summed E-state index contributed by atoms with van der Waals surface area (Å²) in [6.45, 7) is 3.75. The minimum absolute atomic E-state index is 0.194. The highest BCUT2D eigenvalue weighted by molar-refractivity contribution is 8.13. The monoisotopic (exact) mass is 299 g/mol. The first-order valence-electron chi connectivity index (χ1n) is 8.06. The van der Waals surface area contributed by atoms with Gasteiger partial charge in [-0.1, -0.05) is 37.4 Å². The molecule has 20 heavy (non-hydrogen) atoms. The van der Waals surface area contributed by atoms with Crippen LogP contribution in [-0.4, -0.2) is 34.8 Å². The van der Waals surface area contributed by atoms with Crippen LogP contribution < -0.4 is 0 Å². The molecule has 1 aliphatic rings. The van der Waals surface area contributed by atoms with Crippen molar-refractivity contribution in [3.8, 4) is 0 Å². The van der Waals surface area contributed by atoms with Gasteiger partial charge in [0.1, 0.15) is 5.78 Å². The standard InChI is InChI=1S/C16H29NO2S/c1-15(18)20-14-17-12-8-5-3-2-4-6-10-16(19)11-7-9-13-17/h2-14H2,1H3. The minimum atomic E-state index is 0.194. The summed E-state index contributed by atoms with van der Waals surface area (Å²) in [5.41, 5.74) is 0. The first kappa shape index (κ1) is 17.7. The Hall–Kier alpha value is -0.350. The van der Waals surface area contributed by atoms with E-state index in [0.717, 1.165) is 51.1 Å². The molecule has 0 amide bonds. The minimum Gasteiger partial charge on any atom is -0.300 e. The molecule has 0 unspecified atom stereocenters. The lowest BCUT2D eigenvalue weighted by Gasteiger charge is -2.21. The van der Waals surface area contributed by atoms with Gasteiger partial charge in [-0.2, -0.15) is 0 Å². The van der Waals surface area contributed by atoms with Crippen molar-refractivity contribution in [1.82, 2.24) is 4.90 Å². The number of rotatable bonds is 2. The largest absolute Gasteiger partial charge is 0.300 e. The highest BCUT2D eigenvalue weighted by Crippen LogP contribution is 2.13. The van der Waals surface area contributed by atoms with Gasteiger partial charge in [-0.05, 0) is 38.8 Å². The number of thioether (sulfide) groups is 1. The second-order valence-electron chi connectivity index (χ2n) is 5.75. The molecule has 0 radical (unpaired) electrons. The Bertz CT molecular complexity index is 294. The van der Waals surface area contributed by atoms with Gasteiger partial charge >= 0.3 is 0 Å². The summed E-state index contributed by atoms with van der Waals surface area (Å²) < 4.78 is 0. The van der Waals surface area contributed by atoms with Crippen LogP contribution in [0.2, 0.25) is 0 Å². The maximum atomic E-state index is 11.7. The van der Waals surface area contributed by atoms with Crippen LogP contribution in [0.25, 0.3) is 0 Å². The third-order valence-corrected chi connectivity index (χ3v) is 4.71. The Balaban J connectivity index is 2.34. The van der Waals surface area contributed by atoms with Gasteiger partial charge in [0, 0.05) is 19.8 Å². The average molecular weight is 299 g/mol. The quantitative estimate of drug-likeness (QED) is 0.772. The fraction of sp³-hybridized carbons (Fsp3) is 0.875. The number of hydrogen-bond acceptors (Lipinski definition) is 4. The summed E-state index contributed by atoms with van der Waals surface area (Å²) in [5, 5.41) is 0.194. The van der Waals surface area contributed by atoms with E-state index in [4.69, 9.17) is 0 Å². The lowest BCUT2D eigenvalue weighted by molar-refractivity contribution is -0.119. The van der Waals surface area contributed by atoms with Gasteiger partial charge in [0.2, 0.25) is 0 Å². The number of carbonyl (C=O) groups excluding carboxylic acids is 2.